The predicted octanol–water partition coefficient (Wildman–Crippen LogP) is 4.73. The first-order chi connectivity index (χ1) is 7.30. The van der Waals surface area contributed by atoms with Gasteiger partial charge in [0.1, 0.15) is 0 Å². The summed E-state index contributed by atoms with van der Waals surface area (Å²) < 4.78 is 37.2. The SMILES string of the molecule is Cc1cc(C(F)(F)F)ccc1CCC(C)Br. The Balaban J connectivity index is 2.84. The van der Waals surface area contributed by atoms with E-state index in [1.807, 2.05) is 6.92 Å². The molecule has 1 rings (SSSR count). The van der Waals surface area contributed by atoms with E-state index < -0.39 is 11.7 Å². The molecule has 0 spiro atoms. The van der Waals surface area contributed by atoms with Gasteiger partial charge in [0, 0.05) is 4.83 Å². The minimum absolute atomic E-state index is 0.384. The fraction of sp³-hybridized carbons (Fsp3) is 0.500. The van der Waals surface area contributed by atoms with Gasteiger partial charge < -0.3 is 0 Å². The Morgan fingerprint density at radius 1 is 1.31 bits per heavy atom. The van der Waals surface area contributed by atoms with Gasteiger partial charge in [0.15, 0.2) is 0 Å². The molecule has 0 radical (unpaired) electrons. The van der Waals surface area contributed by atoms with E-state index in [1.165, 1.54) is 6.07 Å². The maximum atomic E-state index is 12.4. The lowest BCUT2D eigenvalue weighted by Gasteiger charge is -2.11. The molecule has 0 aliphatic heterocycles. The van der Waals surface area contributed by atoms with Gasteiger partial charge in [-0.25, -0.2) is 0 Å². The molecular formula is C12H14BrF3. The zero-order chi connectivity index (χ0) is 12.3. The molecule has 0 saturated heterocycles. The fourth-order valence-corrected chi connectivity index (χ4v) is 1.74. The van der Waals surface area contributed by atoms with Crippen LogP contribution in [0.1, 0.15) is 30.0 Å². The Kier molecular flexibility index (Phi) is 4.42. The van der Waals surface area contributed by atoms with Gasteiger partial charge in [-0.2, -0.15) is 13.2 Å². The molecule has 90 valence electrons. The van der Waals surface area contributed by atoms with E-state index in [1.54, 1.807) is 13.0 Å². The van der Waals surface area contributed by atoms with E-state index in [0.717, 1.165) is 24.5 Å². The Morgan fingerprint density at radius 3 is 2.38 bits per heavy atom. The number of hydrogen-bond donors (Lipinski definition) is 0. The highest BCUT2D eigenvalue weighted by atomic mass is 79.9. The molecule has 0 fully saturated rings. The first-order valence-electron chi connectivity index (χ1n) is 5.11. The van der Waals surface area contributed by atoms with Crippen LogP contribution >= 0.6 is 15.9 Å². The number of halogens is 4. The van der Waals surface area contributed by atoms with E-state index in [0.29, 0.717) is 10.4 Å². The van der Waals surface area contributed by atoms with Crippen molar-refractivity contribution in [1.82, 2.24) is 0 Å². The monoisotopic (exact) mass is 294 g/mol. The molecule has 1 aromatic carbocycles. The highest BCUT2D eigenvalue weighted by Gasteiger charge is 2.30. The molecule has 0 amide bonds. The highest BCUT2D eigenvalue weighted by Crippen LogP contribution is 2.30. The third kappa shape index (κ3) is 3.81. The second kappa shape index (κ2) is 5.21. The standard InChI is InChI=1S/C12H14BrF3/c1-8-7-11(12(14,15)16)6-5-10(8)4-3-9(2)13/h5-7,9H,3-4H2,1-2H3. The van der Waals surface area contributed by atoms with Gasteiger partial charge in [-0.3, -0.25) is 0 Å². The molecule has 0 heterocycles. The summed E-state index contributed by atoms with van der Waals surface area (Å²) in [5.74, 6) is 0. The Labute approximate surface area is 102 Å². The Hall–Kier alpha value is -0.510. The molecule has 0 aliphatic carbocycles. The van der Waals surface area contributed by atoms with Gasteiger partial charge in [-0.15, -0.1) is 0 Å². The van der Waals surface area contributed by atoms with Crippen LogP contribution in [0.2, 0.25) is 0 Å². The molecule has 4 heteroatoms. The summed E-state index contributed by atoms with van der Waals surface area (Å²) >= 11 is 3.42. The van der Waals surface area contributed by atoms with Crippen molar-refractivity contribution < 1.29 is 13.2 Å². The average Bonchev–Trinajstić information content (AvgIpc) is 2.14. The molecule has 1 aromatic rings. The van der Waals surface area contributed by atoms with Crippen LogP contribution in [0.3, 0.4) is 0 Å². The van der Waals surface area contributed by atoms with E-state index in [2.05, 4.69) is 15.9 Å². The molecule has 0 saturated carbocycles. The fourth-order valence-electron chi connectivity index (χ4n) is 1.51. The van der Waals surface area contributed by atoms with Crippen LogP contribution < -0.4 is 0 Å². The lowest BCUT2D eigenvalue weighted by molar-refractivity contribution is -0.137. The molecule has 0 nitrogen and oxygen atoms in total. The van der Waals surface area contributed by atoms with Crippen LogP contribution in [0.5, 0.6) is 0 Å². The largest absolute Gasteiger partial charge is 0.416 e. The van der Waals surface area contributed by atoms with Gasteiger partial charge in [-0.05, 0) is 43.0 Å². The third-order valence-corrected chi connectivity index (χ3v) is 2.94. The smallest absolute Gasteiger partial charge is 0.166 e. The van der Waals surface area contributed by atoms with Crippen LogP contribution in [0.15, 0.2) is 18.2 Å². The normalized spacial score (nSPS) is 13.9. The average molecular weight is 295 g/mol. The van der Waals surface area contributed by atoms with Crippen LogP contribution in [-0.2, 0) is 12.6 Å². The summed E-state index contributed by atoms with van der Waals surface area (Å²) in [5, 5.41) is 0. The van der Waals surface area contributed by atoms with Gasteiger partial charge >= 0.3 is 6.18 Å². The second-order valence-electron chi connectivity index (χ2n) is 3.96. The zero-order valence-electron chi connectivity index (χ0n) is 9.24. The molecule has 16 heavy (non-hydrogen) atoms. The second-order valence-corrected chi connectivity index (χ2v) is 5.52. The van der Waals surface area contributed by atoms with Gasteiger partial charge in [0.25, 0.3) is 0 Å². The summed E-state index contributed by atoms with van der Waals surface area (Å²) in [4.78, 5) is 0.384. The lowest BCUT2D eigenvalue weighted by Crippen LogP contribution is -2.06. The van der Waals surface area contributed by atoms with Gasteiger partial charge in [-0.1, -0.05) is 28.9 Å². The van der Waals surface area contributed by atoms with Gasteiger partial charge in [0.05, 0.1) is 5.56 Å². The Morgan fingerprint density at radius 2 is 1.94 bits per heavy atom. The number of aryl methyl sites for hydroxylation is 2. The molecule has 0 N–H and O–H groups in total. The van der Waals surface area contributed by atoms with E-state index in [-0.39, 0.29) is 0 Å². The molecular weight excluding hydrogens is 281 g/mol. The van der Waals surface area contributed by atoms with Crippen molar-refractivity contribution in [3.8, 4) is 0 Å². The van der Waals surface area contributed by atoms with Crippen LogP contribution in [-0.4, -0.2) is 4.83 Å². The third-order valence-electron chi connectivity index (χ3n) is 2.48. The maximum Gasteiger partial charge on any atom is 0.416 e. The van der Waals surface area contributed by atoms with Crippen molar-refractivity contribution in [1.29, 1.82) is 0 Å². The van der Waals surface area contributed by atoms with Crippen molar-refractivity contribution in [2.75, 3.05) is 0 Å². The molecule has 1 unspecified atom stereocenters. The van der Waals surface area contributed by atoms with Crippen molar-refractivity contribution in [2.24, 2.45) is 0 Å². The van der Waals surface area contributed by atoms with Crippen LogP contribution in [0, 0.1) is 6.92 Å². The molecule has 1 atom stereocenters. The highest BCUT2D eigenvalue weighted by molar-refractivity contribution is 9.09. The Bertz CT molecular complexity index is 356. The summed E-state index contributed by atoms with van der Waals surface area (Å²) in [6, 6.07) is 3.95. The minimum atomic E-state index is -4.24. The van der Waals surface area contributed by atoms with Crippen molar-refractivity contribution in [3.05, 3.63) is 34.9 Å². The number of alkyl halides is 4. The van der Waals surface area contributed by atoms with Crippen LogP contribution in [0.4, 0.5) is 13.2 Å². The quantitative estimate of drug-likeness (QED) is 0.707. The molecule has 0 aromatic heterocycles. The summed E-state index contributed by atoms with van der Waals surface area (Å²) in [5.41, 5.74) is 1.13. The van der Waals surface area contributed by atoms with E-state index >= 15 is 0 Å². The molecule has 0 aliphatic rings. The number of benzene rings is 1. The minimum Gasteiger partial charge on any atom is -0.166 e. The number of rotatable bonds is 3. The first kappa shape index (κ1) is 13.6. The summed E-state index contributed by atoms with van der Waals surface area (Å²) in [7, 11) is 0. The zero-order valence-corrected chi connectivity index (χ0v) is 10.8. The van der Waals surface area contributed by atoms with Crippen molar-refractivity contribution in [3.63, 3.8) is 0 Å². The van der Waals surface area contributed by atoms with E-state index in [9.17, 15) is 13.2 Å². The number of hydrogen-bond acceptors (Lipinski definition) is 0. The molecule has 0 bridgehead atoms. The topological polar surface area (TPSA) is 0 Å². The van der Waals surface area contributed by atoms with Crippen LogP contribution in [0.25, 0.3) is 0 Å². The van der Waals surface area contributed by atoms with E-state index in [4.69, 9.17) is 0 Å². The van der Waals surface area contributed by atoms with Crippen molar-refractivity contribution in [2.45, 2.75) is 37.7 Å². The first-order valence-corrected chi connectivity index (χ1v) is 6.03. The maximum absolute atomic E-state index is 12.4. The van der Waals surface area contributed by atoms with Crippen molar-refractivity contribution >= 4 is 15.9 Å². The summed E-state index contributed by atoms with van der Waals surface area (Å²) in [6.45, 7) is 3.75. The van der Waals surface area contributed by atoms with Gasteiger partial charge in [0.2, 0.25) is 0 Å². The summed E-state index contributed by atoms with van der Waals surface area (Å²) in [6.07, 6.45) is -2.52. The predicted molar refractivity (Wildman–Crippen MR) is 62.9 cm³/mol. The lowest BCUT2D eigenvalue weighted by atomic mass is 10.0.